The van der Waals surface area contributed by atoms with Crippen molar-refractivity contribution >= 4 is 55.3 Å². The highest BCUT2D eigenvalue weighted by Crippen LogP contribution is 2.30. The van der Waals surface area contributed by atoms with E-state index < -0.39 is 0 Å². The van der Waals surface area contributed by atoms with Crippen LogP contribution in [0.25, 0.3) is 21.1 Å². The van der Waals surface area contributed by atoms with Crippen LogP contribution in [-0.2, 0) is 4.79 Å². The van der Waals surface area contributed by atoms with Gasteiger partial charge < -0.3 is 10.1 Å². The molecule has 2 aromatic carbocycles. The number of thioether (sulfide) groups is 1. The summed E-state index contributed by atoms with van der Waals surface area (Å²) < 4.78 is 6.45. The van der Waals surface area contributed by atoms with Gasteiger partial charge in [0.05, 0.1) is 33.7 Å². The summed E-state index contributed by atoms with van der Waals surface area (Å²) in [5, 5.41) is 14.3. The maximum atomic E-state index is 12.4. The van der Waals surface area contributed by atoms with Crippen molar-refractivity contribution in [2.45, 2.75) is 18.9 Å². The fraction of sp³-hybridized carbons (Fsp3) is 0.182. The average Bonchev–Trinajstić information content (AvgIpc) is 3.13. The first-order valence-electron chi connectivity index (χ1n) is 9.33. The molecule has 1 N–H and O–H groups in total. The number of carbonyl (C=O) groups is 1. The molecule has 2 heterocycles. The number of amides is 1. The third kappa shape index (κ3) is 4.37. The number of fused-ring (bicyclic) bond motifs is 2. The minimum absolute atomic E-state index is 0.138. The van der Waals surface area contributed by atoms with Crippen LogP contribution >= 0.6 is 23.1 Å². The summed E-state index contributed by atoms with van der Waals surface area (Å²) in [6.07, 6.45) is 0. The third-order valence-corrected chi connectivity index (χ3v) is 6.24. The van der Waals surface area contributed by atoms with Crippen molar-refractivity contribution in [3.8, 4) is 11.8 Å². The van der Waals surface area contributed by atoms with Crippen LogP contribution in [-0.4, -0.2) is 28.2 Å². The summed E-state index contributed by atoms with van der Waals surface area (Å²) in [6, 6.07) is 15.6. The lowest BCUT2D eigenvalue weighted by Crippen LogP contribution is -2.14. The molecule has 4 rings (SSSR count). The van der Waals surface area contributed by atoms with Gasteiger partial charge in [0.15, 0.2) is 5.13 Å². The van der Waals surface area contributed by atoms with Crippen molar-refractivity contribution in [1.29, 1.82) is 5.26 Å². The molecular weight excluding hydrogens is 416 g/mol. The number of benzene rings is 2. The fourth-order valence-corrected chi connectivity index (χ4v) is 4.65. The van der Waals surface area contributed by atoms with Crippen molar-refractivity contribution in [2.24, 2.45) is 0 Å². The largest absolute Gasteiger partial charge is 0.494 e. The van der Waals surface area contributed by atoms with Gasteiger partial charge in [-0.2, -0.15) is 5.26 Å². The molecule has 8 heteroatoms. The van der Waals surface area contributed by atoms with E-state index in [1.54, 1.807) is 0 Å². The van der Waals surface area contributed by atoms with Gasteiger partial charge in [0, 0.05) is 5.39 Å². The van der Waals surface area contributed by atoms with E-state index in [-0.39, 0.29) is 11.7 Å². The van der Waals surface area contributed by atoms with E-state index in [0.29, 0.717) is 22.3 Å². The van der Waals surface area contributed by atoms with Gasteiger partial charge in [-0.05, 0) is 50.2 Å². The molecule has 0 saturated carbocycles. The van der Waals surface area contributed by atoms with Gasteiger partial charge in [0.2, 0.25) is 5.91 Å². The number of nitrogens with one attached hydrogen (secondary N) is 1. The molecule has 0 fully saturated rings. The van der Waals surface area contributed by atoms with Gasteiger partial charge in [-0.3, -0.25) is 4.79 Å². The van der Waals surface area contributed by atoms with E-state index in [1.165, 1.54) is 23.1 Å². The average molecular weight is 435 g/mol. The molecule has 0 atom stereocenters. The number of hydrogen-bond donors (Lipinski definition) is 1. The van der Waals surface area contributed by atoms with E-state index in [4.69, 9.17) is 4.74 Å². The van der Waals surface area contributed by atoms with Crippen LogP contribution < -0.4 is 10.1 Å². The fourth-order valence-electron chi connectivity index (χ4n) is 2.97. The van der Waals surface area contributed by atoms with E-state index in [2.05, 4.69) is 21.4 Å². The SMILES string of the molecule is CCOc1ccc2nc(NC(=O)CSc3nc4ccc(C)cc4cc3C#N)sc2c1. The van der Waals surface area contributed by atoms with Crippen molar-refractivity contribution in [1.82, 2.24) is 9.97 Å². The van der Waals surface area contributed by atoms with Gasteiger partial charge in [0.25, 0.3) is 0 Å². The molecule has 0 bridgehead atoms. The molecule has 4 aromatic rings. The summed E-state index contributed by atoms with van der Waals surface area (Å²) in [5.41, 5.74) is 3.19. The first-order valence-corrected chi connectivity index (χ1v) is 11.1. The van der Waals surface area contributed by atoms with Gasteiger partial charge in [-0.25, -0.2) is 9.97 Å². The third-order valence-electron chi connectivity index (χ3n) is 4.31. The second-order valence-corrected chi connectivity index (χ2v) is 8.56. The zero-order valence-electron chi connectivity index (χ0n) is 16.4. The van der Waals surface area contributed by atoms with Gasteiger partial charge in [-0.15, -0.1) is 0 Å². The van der Waals surface area contributed by atoms with Crippen molar-refractivity contribution in [3.05, 3.63) is 53.6 Å². The van der Waals surface area contributed by atoms with Crippen LogP contribution in [0.1, 0.15) is 18.1 Å². The number of thiazole rings is 1. The lowest BCUT2D eigenvalue weighted by molar-refractivity contribution is -0.113. The number of rotatable bonds is 6. The number of nitrogens with zero attached hydrogens (tertiary/aromatic N) is 3. The normalized spacial score (nSPS) is 10.8. The molecule has 2 aromatic heterocycles. The van der Waals surface area contributed by atoms with Gasteiger partial charge in [0.1, 0.15) is 16.8 Å². The van der Waals surface area contributed by atoms with Crippen LogP contribution in [0.15, 0.2) is 47.5 Å². The molecule has 0 unspecified atom stereocenters. The summed E-state index contributed by atoms with van der Waals surface area (Å²) in [4.78, 5) is 21.4. The molecule has 0 radical (unpaired) electrons. The lowest BCUT2D eigenvalue weighted by Gasteiger charge is -2.06. The number of carbonyl (C=O) groups excluding carboxylic acids is 1. The smallest absolute Gasteiger partial charge is 0.236 e. The van der Waals surface area contributed by atoms with E-state index in [0.717, 1.165) is 32.4 Å². The molecule has 6 nitrogen and oxygen atoms in total. The summed E-state index contributed by atoms with van der Waals surface area (Å²) in [7, 11) is 0. The minimum atomic E-state index is -0.196. The van der Waals surface area contributed by atoms with Crippen LogP contribution in [0.4, 0.5) is 5.13 Å². The van der Waals surface area contributed by atoms with Crippen molar-refractivity contribution < 1.29 is 9.53 Å². The zero-order valence-corrected chi connectivity index (χ0v) is 18.1. The number of aryl methyl sites for hydroxylation is 1. The predicted octanol–water partition coefficient (Wildman–Crippen LogP) is 5.15. The first-order chi connectivity index (χ1) is 14.6. The van der Waals surface area contributed by atoms with Crippen molar-refractivity contribution in [2.75, 3.05) is 17.7 Å². The van der Waals surface area contributed by atoms with Crippen LogP contribution in [0.3, 0.4) is 0 Å². The molecule has 0 spiro atoms. The molecule has 0 aliphatic carbocycles. The molecule has 150 valence electrons. The Bertz CT molecular complexity index is 1290. The van der Waals surface area contributed by atoms with Crippen LogP contribution in [0.5, 0.6) is 5.75 Å². The maximum Gasteiger partial charge on any atom is 0.236 e. The molecule has 0 aliphatic rings. The highest BCUT2D eigenvalue weighted by Gasteiger charge is 2.13. The molecule has 0 saturated heterocycles. The number of anilines is 1. The van der Waals surface area contributed by atoms with Gasteiger partial charge in [-0.1, -0.05) is 34.7 Å². The summed E-state index contributed by atoms with van der Waals surface area (Å²) >= 11 is 2.64. The Balaban J connectivity index is 1.46. The van der Waals surface area contributed by atoms with Crippen LogP contribution in [0.2, 0.25) is 0 Å². The highest BCUT2D eigenvalue weighted by molar-refractivity contribution is 8.00. The summed E-state index contributed by atoms with van der Waals surface area (Å²) in [5.74, 6) is 0.724. The highest BCUT2D eigenvalue weighted by atomic mass is 32.2. The zero-order chi connectivity index (χ0) is 21.1. The monoisotopic (exact) mass is 434 g/mol. The quantitative estimate of drug-likeness (QED) is 0.422. The number of aromatic nitrogens is 2. The standard InChI is InChI=1S/C22H18N4O2S2/c1-3-28-16-5-7-18-19(10-16)30-22(25-18)26-20(27)12-29-21-15(11-23)9-14-8-13(2)4-6-17(14)24-21/h4-10H,3,12H2,1-2H3,(H,25,26,27). The first kappa shape index (κ1) is 20.1. The minimum Gasteiger partial charge on any atom is -0.494 e. The maximum absolute atomic E-state index is 12.4. The molecule has 30 heavy (non-hydrogen) atoms. The van der Waals surface area contributed by atoms with E-state index >= 15 is 0 Å². The number of hydrogen-bond acceptors (Lipinski definition) is 7. The molecule has 0 aliphatic heterocycles. The lowest BCUT2D eigenvalue weighted by atomic mass is 10.1. The Hall–Kier alpha value is -3.15. The Labute approximate surface area is 181 Å². The number of ether oxygens (including phenoxy) is 1. The second kappa shape index (κ2) is 8.69. The Kier molecular flexibility index (Phi) is 5.84. The second-order valence-electron chi connectivity index (χ2n) is 6.57. The Morgan fingerprint density at radius 2 is 2.03 bits per heavy atom. The number of nitriles is 1. The Morgan fingerprint density at radius 1 is 1.20 bits per heavy atom. The molecular formula is C22H18N4O2S2. The van der Waals surface area contributed by atoms with Crippen molar-refractivity contribution in [3.63, 3.8) is 0 Å². The number of pyridine rings is 1. The van der Waals surface area contributed by atoms with Gasteiger partial charge >= 0.3 is 0 Å². The summed E-state index contributed by atoms with van der Waals surface area (Å²) in [6.45, 7) is 4.53. The Morgan fingerprint density at radius 3 is 2.83 bits per heavy atom. The van der Waals surface area contributed by atoms with E-state index in [9.17, 15) is 10.1 Å². The molecule has 1 amide bonds. The predicted molar refractivity (Wildman–Crippen MR) is 121 cm³/mol. The van der Waals surface area contributed by atoms with E-state index in [1.807, 2.05) is 56.3 Å². The topological polar surface area (TPSA) is 87.9 Å². The van der Waals surface area contributed by atoms with Crippen LogP contribution in [0, 0.1) is 18.3 Å².